The fraction of sp³-hybridized carbons (Fsp3) is 0.714. The van der Waals surface area contributed by atoms with Crippen LogP contribution in [0.3, 0.4) is 0 Å². The topological polar surface area (TPSA) is 50.6 Å². The molecule has 20 heavy (non-hydrogen) atoms. The molecule has 3 saturated heterocycles. The zero-order chi connectivity index (χ0) is 14.1. The molecule has 4 heterocycles. The number of ketones is 1. The molecule has 0 radical (unpaired) electrons. The number of methoxy groups -OCH3 is 1. The fourth-order valence-electron chi connectivity index (χ4n) is 3.17. The van der Waals surface area contributed by atoms with E-state index in [-0.39, 0.29) is 11.8 Å². The number of aromatic nitrogens is 2. The Balaban J connectivity index is 1.88. The number of fused-ring (bicyclic) bond motifs is 3. The van der Waals surface area contributed by atoms with Crippen LogP contribution in [0, 0.1) is 0 Å². The average molecular weight is 278 g/mol. The smallest absolute Gasteiger partial charge is 0.203 e. The van der Waals surface area contributed by atoms with Gasteiger partial charge in [-0.15, -0.1) is 0 Å². The van der Waals surface area contributed by atoms with Crippen LogP contribution in [-0.2, 0) is 6.54 Å². The molecular formula is C14H22N4O2. The van der Waals surface area contributed by atoms with E-state index in [4.69, 9.17) is 4.74 Å². The zero-order valence-corrected chi connectivity index (χ0v) is 12.2. The summed E-state index contributed by atoms with van der Waals surface area (Å²) in [5, 5.41) is 4.29. The van der Waals surface area contributed by atoms with E-state index in [1.807, 2.05) is 0 Å². The number of nitrogens with zero attached hydrogens (tertiary/aromatic N) is 4. The molecule has 0 aliphatic carbocycles. The highest BCUT2D eigenvalue weighted by atomic mass is 16.5. The van der Waals surface area contributed by atoms with Crippen LogP contribution in [0.15, 0.2) is 6.20 Å². The summed E-state index contributed by atoms with van der Waals surface area (Å²) in [4.78, 5) is 17.6. The standard InChI is InChI=1S/C14H22N4O2/c1-3-4-18-13(12(20-2)9-15-18)14(19)11-10-16-5-7-17(11)8-6-16/h9,11H,3-8,10H2,1-2H3. The van der Waals surface area contributed by atoms with Crippen molar-refractivity contribution in [1.82, 2.24) is 19.6 Å². The minimum Gasteiger partial charge on any atom is -0.493 e. The van der Waals surface area contributed by atoms with Crippen LogP contribution in [-0.4, -0.2) is 71.2 Å². The Bertz CT molecular complexity index is 491. The summed E-state index contributed by atoms with van der Waals surface area (Å²) in [5.74, 6) is 0.748. The van der Waals surface area contributed by atoms with E-state index in [2.05, 4.69) is 21.8 Å². The number of hydrogen-bond donors (Lipinski definition) is 0. The second-order valence-corrected chi connectivity index (χ2v) is 5.50. The molecule has 110 valence electrons. The van der Waals surface area contributed by atoms with E-state index in [1.165, 1.54) is 0 Å². The van der Waals surface area contributed by atoms with Gasteiger partial charge in [-0.25, -0.2) is 0 Å². The lowest BCUT2D eigenvalue weighted by Gasteiger charge is -2.46. The molecule has 6 heteroatoms. The first-order chi connectivity index (χ1) is 9.74. The highest BCUT2D eigenvalue weighted by Crippen LogP contribution is 2.25. The van der Waals surface area contributed by atoms with E-state index in [1.54, 1.807) is 18.0 Å². The molecule has 1 aromatic rings. The predicted molar refractivity (Wildman–Crippen MR) is 75.2 cm³/mol. The SMILES string of the molecule is CCCn1ncc(OC)c1C(=O)C1CN2CCN1CC2. The van der Waals surface area contributed by atoms with Crippen LogP contribution in [0.25, 0.3) is 0 Å². The first-order valence-corrected chi connectivity index (χ1v) is 7.35. The van der Waals surface area contributed by atoms with Gasteiger partial charge in [0.05, 0.1) is 19.3 Å². The summed E-state index contributed by atoms with van der Waals surface area (Å²) in [5.41, 5.74) is 0.632. The van der Waals surface area contributed by atoms with Crippen LogP contribution >= 0.6 is 0 Å². The number of Topliss-reactive ketones (excluding diaryl/α,β-unsaturated/α-hetero) is 1. The van der Waals surface area contributed by atoms with Gasteiger partial charge in [-0.3, -0.25) is 19.3 Å². The molecule has 4 rings (SSSR count). The maximum atomic E-state index is 12.9. The second kappa shape index (κ2) is 5.54. The Morgan fingerprint density at radius 2 is 2.15 bits per heavy atom. The van der Waals surface area contributed by atoms with Crippen molar-refractivity contribution in [3.8, 4) is 5.75 Å². The molecule has 6 nitrogen and oxygen atoms in total. The highest BCUT2D eigenvalue weighted by Gasteiger charge is 2.38. The van der Waals surface area contributed by atoms with Crippen molar-refractivity contribution in [3.63, 3.8) is 0 Å². The normalized spacial score (nSPS) is 28.6. The Hall–Kier alpha value is -1.40. The van der Waals surface area contributed by atoms with Gasteiger partial charge in [0.25, 0.3) is 0 Å². The first-order valence-electron chi connectivity index (χ1n) is 7.35. The Kier molecular flexibility index (Phi) is 3.76. The zero-order valence-electron chi connectivity index (χ0n) is 12.2. The Labute approximate surface area is 119 Å². The predicted octanol–water partition coefficient (Wildman–Crippen LogP) is 0.484. The second-order valence-electron chi connectivity index (χ2n) is 5.50. The van der Waals surface area contributed by atoms with Gasteiger partial charge in [-0.2, -0.15) is 5.10 Å². The molecule has 0 N–H and O–H groups in total. The van der Waals surface area contributed by atoms with E-state index >= 15 is 0 Å². The minimum absolute atomic E-state index is 0.0429. The molecule has 0 saturated carbocycles. The molecule has 0 amide bonds. The molecule has 0 aromatic carbocycles. The first kappa shape index (κ1) is 13.6. The fourth-order valence-corrected chi connectivity index (χ4v) is 3.17. The van der Waals surface area contributed by atoms with Gasteiger partial charge in [-0.1, -0.05) is 6.92 Å². The summed E-state index contributed by atoms with van der Waals surface area (Å²) < 4.78 is 7.12. The van der Waals surface area contributed by atoms with E-state index in [0.29, 0.717) is 11.4 Å². The lowest BCUT2D eigenvalue weighted by Crippen LogP contribution is -2.63. The van der Waals surface area contributed by atoms with Crippen molar-refractivity contribution in [2.24, 2.45) is 0 Å². The van der Waals surface area contributed by atoms with Gasteiger partial charge >= 0.3 is 0 Å². The van der Waals surface area contributed by atoms with Crippen LogP contribution in [0.1, 0.15) is 23.8 Å². The maximum absolute atomic E-state index is 12.9. The third-order valence-corrected chi connectivity index (χ3v) is 4.28. The van der Waals surface area contributed by atoms with Crippen molar-refractivity contribution in [1.29, 1.82) is 0 Å². The number of carbonyl (C=O) groups is 1. The molecule has 3 aliphatic heterocycles. The summed E-state index contributed by atoms with van der Waals surface area (Å²) in [6, 6.07) is -0.0429. The average Bonchev–Trinajstić information content (AvgIpc) is 2.91. The van der Waals surface area contributed by atoms with Gasteiger partial charge < -0.3 is 4.74 Å². The number of carbonyl (C=O) groups excluding carboxylic acids is 1. The third kappa shape index (κ3) is 2.23. The summed E-state index contributed by atoms with van der Waals surface area (Å²) >= 11 is 0. The molecule has 0 spiro atoms. The molecule has 1 atom stereocenters. The Morgan fingerprint density at radius 3 is 2.70 bits per heavy atom. The van der Waals surface area contributed by atoms with Gasteiger partial charge in [0, 0.05) is 39.3 Å². The molecular weight excluding hydrogens is 256 g/mol. The van der Waals surface area contributed by atoms with Gasteiger partial charge in [0.1, 0.15) is 5.69 Å². The number of aryl methyl sites for hydroxylation is 1. The molecule has 1 aromatic heterocycles. The van der Waals surface area contributed by atoms with Gasteiger partial charge in [-0.05, 0) is 6.42 Å². The monoisotopic (exact) mass is 278 g/mol. The molecule has 1 unspecified atom stereocenters. The molecule has 3 aliphatic rings. The summed E-state index contributed by atoms with van der Waals surface area (Å²) in [6.07, 6.45) is 2.60. The lowest BCUT2D eigenvalue weighted by atomic mass is 10.0. The van der Waals surface area contributed by atoms with Gasteiger partial charge in [0.15, 0.2) is 5.75 Å². The van der Waals surface area contributed by atoms with Crippen LogP contribution in [0.2, 0.25) is 0 Å². The van der Waals surface area contributed by atoms with Crippen LogP contribution < -0.4 is 4.74 Å². The van der Waals surface area contributed by atoms with E-state index in [9.17, 15) is 4.79 Å². The van der Waals surface area contributed by atoms with Gasteiger partial charge in [0.2, 0.25) is 5.78 Å². The number of piperazine rings is 3. The summed E-state index contributed by atoms with van der Waals surface area (Å²) in [7, 11) is 1.60. The van der Waals surface area contributed by atoms with E-state index in [0.717, 1.165) is 45.7 Å². The Morgan fingerprint density at radius 1 is 1.40 bits per heavy atom. The number of rotatable bonds is 5. The number of hydrogen-bond acceptors (Lipinski definition) is 5. The lowest BCUT2D eigenvalue weighted by molar-refractivity contribution is 0.0152. The quantitative estimate of drug-likeness (QED) is 0.734. The van der Waals surface area contributed by atoms with Crippen LogP contribution in [0.4, 0.5) is 0 Å². The van der Waals surface area contributed by atoms with Crippen molar-refractivity contribution >= 4 is 5.78 Å². The van der Waals surface area contributed by atoms with Crippen molar-refractivity contribution in [3.05, 3.63) is 11.9 Å². The third-order valence-electron chi connectivity index (χ3n) is 4.28. The number of ether oxygens (including phenoxy) is 1. The van der Waals surface area contributed by atoms with E-state index < -0.39 is 0 Å². The van der Waals surface area contributed by atoms with Crippen molar-refractivity contribution < 1.29 is 9.53 Å². The highest BCUT2D eigenvalue weighted by molar-refractivity contribution is 6.01. The largest absolute Gasteiger partial charge is 0.493 e. The van der Waals surface area contributed by atoms with Crippen LogP contribution in [0.5, 0.6) is 5.75 Å². The minimum atomic E-state index is -0.0429. The van der Waals surface area contributed by atoms with Crippen molar-refractivity contribution in [2.45, 2.75) is 25.9 Å². The molecule has 3 fully saturated rings. The molecule has 2 bridgehead atoms. The van der Waals surface area contributed by atoms with Crippen molar-refractivity contribution in [2.75, 3.05) is 39.8 Å². The summed E-state index contributed by atoms with van der Waals surface area (Å²) in [6.45, 7) is 7.80. The maximum Gasteiger partial charge on any atom is 0.203 e.